The Hall–Kier alpha value is -2.68. The highest BCUT2D eigenvalue weighted by Crippen LogP contribution is 2.68. The summed E-state index contributed by atoms with van der Waals surface area (Å²) in [6.45, 7) is 6.24. The Morgan fingerprint density at radius 1 is 1.16 bits per heavy atom. The van der Waals surface area contributed by atoms with Crippen molar-refractivity contribution < 1.29 is 15.0 Å². The summed E-state index contributed by atoms with van der Waals surface area (Å²) in [6.07, 6.45) is 13.9. The molecule has 8 heteroatoms. The quantitative estimate of drug-likeness (QED) is 0.181. The van der Waals surface area contributed by atoms with Crippen LogP contribution in [-0.4, -0.2) is 54.6 Å². The monoisotopic (exact) mass is 600 g/mol. The van der Waals surface area contributed by atoms with Crippen molar-refractivity contribution in [2.24, 2.45) is 28.6 Å². The SMILES string of the molecule is Cc1ccnc(SCC(=O)C2(O)CCC3C4CCC5=CC(CCCc6ccccn6)=C(C=N)CC5(C)C4C(O)CC32C)n1. The zero-order chi connectivity index (χ0) is 30.4. The van der Waals surface area contributed by atoms with Gasteiger partial charge >= 0.3 is 0 Å². The molecule has 2 heterocycles. The van der Waals surface area contributed by atoms with Gasteiger partial charge in [-0.2, -0.15) is 0 Å². The normalized spacial score (nSPS) is 35.0. The van der Waals surface area contributed by atoms with Crippen molar-refractivity contribution in [1.29, 1.82) is 5.41 Å². The second kappa shape index (κ2) is 11.7. The largest absolute Gasteiger partial charge is 0.393 e. The van der Waals surface area contributed by atoms with Crippen LogP contribution >= 0.6 is 11.8 Å². The van der Waals surface area contributed by atoms with Gasteiger partial charge in [0, 0.05) is 35.4 Å². The van der Waals surface area contributed by atoms with E-state index >= 15 is 0 Å². The van der Waals surface area contributed by atoms with Crippen molar-refractivity contribution >= 4 is 23.8 Å². The molecule has 7 unspecified atom stereocenters. The molecule has 3 N–H and O–H groups in total. The molecule has 3 saturated carbocycles. The topological polar surface area (TPSA) is 120 Å². The molecule has 2 aromatic heterocycles. The number of carbonyl (C=O) groups excluding carboxylic acids is 1. The maximum Gasteiger partial charge on any atom is 0.188 e. The summed E-state index contributed by atoms with van der Waals surface area (Å²) < 4.78 is 0. The summed E-state index contributed by atoms with van der Waals surface area (Å²) in [7, 11) is 0. The number of aliphatic hydroxyl groups excluding tert-OH is 1. The number of nitrogens with zero attached hydrogens (tertiary/aromatic N) is 3. The first-order valence-electron chi connectivity index (χ1n) is 15.8. The van der Waals surface area contributed by atoms with Crippen LogP contribution in [0.5, 0.6) is 0 Å². The van der Waals surface area contributed by atoms with Crippen LogP contribution in [0.15, 0.2) is 64.6 Å². The fourth-order valence-electron chi connectivity index (χ4n) is 9.34. The van der Waals surface area contributed by atoms with Crippen LogP contribution < -0.4 is 0 Å². The fourth-order valence-corrected chi connectivity index (χ4v) is 10.2. The van der Waals surface area contributed by atoms with E-state index in [0.29, 0.717) is 18.0 Å². The Bertz CT molecular complexity index is 1460. The van der Waals surface area contributed by atoms with Gasteiger partial charge in [-0.25, -0.2) is 9.97 Å². The summed E-state index contributed by atoms with van der Waals surface area (Å²) in [5.74, 6) is 0.378. The lowest BCUT2D eigenvalue weighted by Gasteiger charge is -2.60. The molecule has 0 bridgehead atoms. The summed E-state index contributed by atoms with van der Waals surface area (Å²) >= 11 is 1.28. The van der Waals surface area contributed by atoms with E-state index in [1.165, 1.54) is 29.1 Å². The van der Waals surface area contributed by atoms with E-state index in [1.54, 1.807) is 6.20 Å². The molecule has 0 radical (unpaired) electrons. The molecular weight excluding hydrogens is 556 g/mol. The molecule has 3 fully saturated rings. The molecule has 4 aliphatic carbocycles. The Balaban J connectivity index is 1.19. The minimum atomic E-state index is -1.47. The average molecular weight is 601 g/mol. The predicted octanol–water partition coefficient (Wildman–Crippen LogP) is 6.08. The fraction of sp³-hybridized carbons (Fsp3) is 0.571. The zero-order valence-electron chi connectivity index (χ0n) is 25.6. The number of fused-ring (bicyclic) bond motifs is 5. The Kier molecular flexibility index (Phi) is 8.24. The molecule has 4 aliphatic rings. The number of hydrogen-bond donors (Lipinski definition) is 3. The molecule has 0 saturated heterocycles. The van der Waals surface area contributed by atoms with Gasteiger partial charge in [0.15, 0.2) is 10.9 Å². The van der Waals surface area contributed by atoms with Gasteiger partial charge in [0.1, 0.15) is 5.60 Å². The van der Waals surface area contributed by atoms with Gasteiger partial charge in [0.25, 0.3) is 0 Å². The summed E-state index contributed by atoms with van der Waals surface area (Å²) in [5.41, 5.74) is 3.28. The molecule has 0 aliphatic heterocycles. The number of rotatable bonds is 9. The molecule has 6 rings (SSSR count). The highest BCUT2D eigenvalue weighted by molar-refractivity contribution is 7.99. The van der Waals surface area contributed by atoms with Crippen molar-refractivity contribution in [1.82, 2.24) is 15.0 Å². The standard InChI is InChI=1S/C35H44N4O3S/c1-22-13-16-38-32(39-22)43-21-30(41)35(42)14-12-28-27-11-10-25-17-23(7-6-9-26-8-4-5-15-37-26)24(20-36)18-33(25,2)31(27)29(40)19-34(28,35)3/h4-5,8,13,15-17,20,27-29,31,36,40,42H,6-7,9-12,14,18-19,21H2,1-3H3. The van der Waals surface area contributed by atoms with E-state index in [1.807, 2.05) is 38.2 Å². The Labute approximate surface area is 259 Å². The Morgan fingerprint density at radius 3 is 2.74 bits per heavy atom. The van der Waals surface area contributed by atoms with Gasteiger partial charge in [-0.05, 0) is 117 Å². The molecule has 7 nitrogen and oxygen atoms in total. The van der Waals surface area contributed by atoms with E-state index in [2.05, 4.69) is 34.0 Å². The van der Waals surface area contributed by atoms with E-state index in [9.17, 15) is 15.0 Å². The van der Waals surface area contributed by atoms with E-state index in [4.69, 9.17) is 5.41 Å². The van der Waals surface area contributed by atoms with Crippen molar-refractivity contribution in [3.05, 3.63) is 70.8 Å². The van der Waals surface area contributed by atoms with Gasteiger partial charge in [-0.1, -0.05) is 43.3 Å². The van der Waals surface area contributed by atoms with Crippen LogP contribution in [0.25, 0.3) is 0 Å². The molecule has 0 aromatic carbocycles. The number of thioether (sulfide) groups is 1. The third-order valence-corrected chi connectivity index (χ3v) is 12.3. The first-order chi connectivity index (χ1) is 20.6. The lowest BCUT2D eigenvalue weighted by molar-refractivity contribution is -0.177. The minimum Gasteiger partial charge on any atom is -0.393 e. The summed E-state index contributed by atoms with van der Waals surface area (Å²) in [4.78, 5) is 26.8. The number of aryl methyl sites for hydroxylation is 2. The first kappa shape index (κ1) is 30.4. The van der Waals surface area contributed by atoms with Crippen molar-refractivity contribution in [2.75, 3.05) is 5.75 Å². The van der Waals surface area contributed by atoms with Crippen molar-refractivity contribution in [2.45, 2.75) is 95.4 Å². The summed E-state index contributed by atoms with van der Waals surface area (Å²) in [5, 5.41) is 32.8. The van der Waals surface area contributed by atoms with Gasteiger partial charge < -0.3 is 15.6 Å². The van der Waals surface area contributed by atoms with Gasteiger partial charge in [-0.3, -0.25) is 9.78 Å². The number of nitrogens with one attached hydrogen (secondary N) is 1. The first-order valence-corrected chi connectivity index (χ1v) is 16.8. The molecule has 2 aromatic rings. The molecule has 0 spiro atoms. The number of Topliss-reactive ketones (excluding diaryl/α,β-unsaturated/α-hetero) is 1. The highest BCUT2D eigenvalue weighted by Gasteiger charge is 2.68. The molecule has 7 atom stereocenters. The van der Waals surface area contributed by atoms with Gasteiger partial charge in [-0.15, -0.1) is 0 Å². The zero-order valence-corrected chi connectivity index (χ0v) is 26.4. The van der Waals surface area contributed by atoms with Crippen LogP contribution in [0.1, 0.15) is 76.6 Å². The number of hydrogen-bond acceptors (Lipinski definition) is 8. The average Bonchev–Trinajstić information content (AvgIpc) is 3.26. The second-order valence-electron chi connectivity index (χ2n) is 13.7. The predicted molar refractivity (Wildman–Crippen MR) is 169 cm³/mol. The van der Waals surface area contributed by atoms with Gasteiger partial charge in [0.2, 0.25) is 0 Å². The number of aromatic nitrogens is 3. The van der Waals surface area contributed by atoms with Crippen LogP contribution in [0.3, 0.4) is 0 Å². The third-order valence-electron chi connectivity index (χ3n) is 11.5. The summed E-state index contributed by atoms with van der Waals surface area (Å²) in [6, 6.07) is 7.86. The number of ketones is 1. The van der Waals surface area contributed by atoms with Crippen molar-refractivity contribution in [3.63, 3.8) is 0 Å². The van der Waals surface area contributed by atoms with Gasteiger partial charge in [0.05, 0.1) is 11.9 Å². The van der Waals surface area contributed by atoms with E-state index < -0.39 is 17.1 Å². The van der Waals surface area contributed by atoms with E-state index in [-0.39, 0.29) is 34.7 Å². The molecule has 228 valence electrons. The molecule has 43 heavy (non-hydrogen) atoms. The maximum absolute atomic E-state index is 13.7. The molecular formula is C35H44N4O3S. The highest BCUT2D eigenvalue weighted by atomic mass is 32.2. The maximum atomic E-state index is 13.7. The lowest BCUT2D eigenvalue weighted by atomic mass is 9.45. The number of pyridine rings is 1. The lowest BCUT2D eigenvalue weighted by Crippen LogP contribution is -2.61. The molecule has 0 amide bonds. The minimum absolute atomic E-state index is 0.0446. The number of aliphatic hydroxyl groups is 2. The van der Waals surface area contributed by atoms with E-state index in [0.717, 1.165) is 61.9 Å². The van der Waals surface area contributed by atoms with Crippen LogP contribution in [0.4, 0.5) is 0 Å². The third kappa shape index (κ3) is 5.23. The van der Waals surface area contributed by atoms with Crippen LogP contribution in [0.2, 0.25) is 0 Å². The van der Waals surface area contributed by atoms with Crippen molar-refractivity contribution in [3.8, 4) is 0 Å². The number of carbonyl (C=O) groups is 1. The second-order valence-corrected chi connectivity index (χ2v) is 14.7. The smallest absolute Gasteiger partial charge is 0.188 e. The van der Waals surface area contributed by atoms with Crippen LogP contribution in [-0.2, 0) is 11.2 Å². The Morgan fingerprint density at radius 2 is 2.00 bits per heavy atom. The van der Waals surface area contributed by atoms with Crippen LogP contribution in [0, 0.1) is 40.9 Å². The number of allylic oxidation sites excluding steroid dienone is 4.